The lowest BCUT2D eigenvalue weighted by molar-refractivity contribution is -0.127. The molecule has 148 valence electrons. The van der Waals surface area contributed by atoms with Gasteiger partial charge in [0.25, 0.3) is 0 Å². The van der Waals surface area contributed by atoms with Crippen molar-refractivity contribution in [3.8, 4) is 0 Å². The van der Waals surface area contributed by atoms with Gasteiger partial charge in [-0.05, 0) is 62.7 Å². The number of hydrogen-bond acceptors (Lipinski definition) is 3. The highest BCUT2D eigenvalue weighted by atomic mass is 16.2. The van der Waals surface area contributed by atoms with E-state index in [1.807, 2.05) is 30.3 Å². The van der Waals surface area contributed by atoms with Crippen LogP contribution in [0.5, 0.6) is 0 Å². The van der Waals surface area contributed by atoms with Crippen LogP contribution in [0.1, 0.15) is 30.9 Å². The van der Waals surface area contributed by atoms with E-state index in [-0.39, 0.29) is 11.7 Å². The Balaban J connectivity index is 1.43. The van der Waals surface area contributed by atoms with E-state index >= 15 is 0 Å². The van der Waals surface area contributed by atoms with Gasteiger partial charge in [0.05, 0.1) is 12.6 Å². The Labute approximate surface area is 167 Å². The summed E-state index contributed by atoms with van der Waals surface area (Å²) >= 11 is 0. The van der Waals surface area contributed by atoms with Gasteiger partial charge >= 0.3 is 0 Å². The monoisotopic (exact) mass is 378 g/mol. The molecule has 0 aromatic heterocycles. The van der Waals surface area contributed by atoms with E-state index in [0.717, 1.165) is 37.9 Å². The van der Waals surface area contributed by atoms with Crippen molar-refractivity contribution >= 4 is 11.7 Å². The number of benzene rings is 2. The number of amides is 1. The number of nitrogens with zero attached hydrogens (tertiary/aromatic N) is 1. The molecule has 4 nitrogen and oxygen atoms in total. The quantitative estimate of drug-likeness (QED) is 0.767. The summed E-state index contributed by atoms with van der Waals surface area (Å²) in [4.78, 5) is 26.7. The van der Waals surface area contributed by atoms with E-state index in [1.54, 1.807) is 6.92 Å². The van der Waals surface area contributed by atoms with Crippen molar-refractivity contribution in [1.29, 1.82) is 0 Å². The van der Waals surface area contributed by atoms with Gasteiger partial charge in [0.1, 0.15) is 0 Å². The normalized spacial score (nSPS) is 16.5. The summed E-state index contributed by atoms with van der Waals surface area (Å²) in [6.07, 6.45) is 3.88. The lowest BCUT2D eigenvalue weighted by Gasteiger charge is -2.32. The molecule has 0 unspecified atom stereocenters. The number of hydrogen-bond donors (Lipinski definition) is 1. The average molecular weight is 379 g/mol. The molecule has 1 aliphatic rings. The molecule has 0 spiro atoms. The molecule has 3 rings (SSSR count). The van der Waals surface area contributed by atoms with Crippen LogP contribution in [0.15, 0.2) is 60.7 Å². The predicted molar refractivity (Wildman–Crippen MR) is 112 cm³/mol. The van der Waals surface area contributed by atoms with Crippen molar-refractivity contribution in [3.63, 3.8) is 0 Å². The van der Waals surface area contributed by atoms with Crippen LogP contribution in [0.3, 0.4) is 0 Å². The zero-order valence-corrected chi connectivity index (χ0v) is 16.6. The van der Waals surface area contributed by atoms with Gasteiger partial charge in [-0.25, -0.2) is 0 Å². The third-order valence-corrected chi connectivity index (χ3v) is 5.55. The minimum Gasteiger partial charge on any atom is -0.345 e. The summed E-state index contributed by atoms with van der Waals surface area (Å²) in [5, 5.41) is 2.93. The number of Topliss-reactive ketones (excluding diaryl/α,β-unsaturated/α-hetero) is 1. The van der Waals surface area contributed by atoms with Gasteiger partial charge in [0.2, 0.25) is 5.91 Å². The summed E-state index contributed by atoms with van der Waals surface area (Å²) < 4.78 is 0. The summed E-state index contributed by atoms with van der Waals surface area (Å²) in [5.41, 5.74) is 2.45. The topological polar surface area (TPSA) is 49.4 Å². The molecule has 0 bridgehead atoms. The van der Waals surface area contributed by atoms with Gasteiger partial charge in [0.15, 0.2) is 5.78 Å². The predicted octanol–water partition coefficient (Wildman–Crippen LogP) is 3.26. The van der Waals surface area contributed by atoms with Gasteiger partial charge < -0.3 is 5.32 Å². The van der Waals surface area contributed by atoms with Gasteiger partial charge in [-0.1, -0.05) is 60.7 Å². The molecule has 1 amide bonds. The standard InChI is InChI=1S/C24H30N2O2/c1-19(27)23(17-21-10-6-3-7-11-21)25-24(28)18-26-14-12-22(13-15-26)16-20-8-4-2-5-9-20/h2-11,22-23H,12-18H2,1H3,(H,25,28)/t23-/m1/s1. The Morgan fingerprint density at radius 3 is 2.11 bits per heavy atom. The van der Waals surface area contributed by atoms with E-state index in [2.05, 4.69) is 40.5 Å². The summed E-state index contributed by atoms with van der Waals surface area (Å²) in [5.74, 6) is 0.626. The van der Waals surface area contributed by atoms with Crippen molar-refractivity contribution < 1.29 is 9.59 Å². The van der Waals surface area contributed by atoms with Gasteiger partial charge in [-0.3, -0.25) is 14.5 Å². The fourth-order valence-corrected chi connectivity index (χ4v) is 3.89. The molecule has 28 heavy (non-hydrogen) atoms. The van der Waals surface area contributed by atoms with Crippen LogP contribution in [0, 0.1) is 5.92 Å². The first-order valence-corrected chi connectivity index (χ1v) is 10.2. The highest BCUT2D eigenvalue weighted by Crippen LogP contribution is 2.21. The Morgan fingerprint density at radius 2 is 1.54 bits per heavy atom. The van der Waals surface area contributed by atoms with Crippen molar-refractivity contribution in [1.82, 2.24) is 10.2 Å². The fourth-order valence-electron chi connectivity index (χ4n) is 3.89. The minimum atomic E-state index is -0.453. The molecule has 1 fully saturated rings. The second-order valence-corrected chi connectivity index (χ2v) is 7.83. The molecule has 1 heterocycles. The van der Waals surface area contributed by atoms with Crippen LogP contribution < -0.4 is 5.32 Å². The molecule has 0 saturated carbocycles. The number of carbonyl (C=O) groups excluding carboxylic acids is 2. The molecule has 0 radical (unpaired) electrons. The molecule has 4 heteroatoms. The van der Waals surface area contributed by atoms with Crippen molar-refractivity contribution in [2.45, 2.75) is 38.6 Å². The van der Waals surface area contributed by atoms with E-state index < -0.39 is 6.04 Å². The molecule has 1 saturated heterocycles. The van der Waals surface area contributed by atoms with E-state index in [0.29, 0.717) is 18.9 Å². The Kier molecular flexibility index (Phi) is 7.38. The molecule has 0 aliphatic carbocycles. The second kappa shape index (κ2) is 10.2. The van der Waals surface area contributed by atoms with E-state index in [1.165, 1.54) is 5.56 Å². The van der Waals surface area contributed by atoms with Crippen LogP contribution in [-0.4, -0.2) is 42.3 Å². The number of nitrogens with one attached hydrogen (secondary N) is 1. The molecule has 2 aromatic rings. The third kappa shape index (κ3) is 6.31. The molecule has 1 N–H and O–H groups in total. The van der Waals surface area contributed by atoms with E-state index in [9.17, 15) is 9.59 Å². The Morgan fingerprint density at radius 1 is 0.964 bits per heavy atom. The smallest absolute Gasteiger partial charge is 0.234 e. The third-order valence-electron chi connectivity index (χ3n) is 5.55. The average Bonchev–Trinajstić information content (AvgIpc) is 2.70. The van der Waals surface area contributed by atoms with Crippen molar-refractivity contribution in [3.05, 3.63) is 71.8 Å². The first kappa shape index (κ1) is 20.3. The Hall–Kier alpha value is -2.46. The SMILES string of the molecule is CC(=O)[C@@H](Cc1ccccc1)NC(=O)CN1CCC(Cc2ccccc2)CC1. The molecule has 1 atom stereocenters. The van der Waals surface area contributed by atoms with Crippen LogP contribution in [0.4, 0.5) is 0 Å². The maximum absolute atomic E-state index is 12.5. The van der Waals surface area contributed by atoms with Gasteiger partial charge in [0, 0.05) is 0 Å². The van der Waals surface area contributed by atoms with Crippen LogP contribution in [0.2, 0.25) is 0 Å². The van der Waals surface area contributed by atoms with Crippen LogP contribution >= 0.6 is 0 Å². The molecule has 1 aliphatic heterocycles. The number of carbonyl (C=O) groups is 2. The molecular weight excluding hydrogens is 348 g/mol. The fraction of sp³-hybridized carbons (Fsp3) is 0.417. The maximum Gasteiger partial charge on any atom is 0.234 e. The van der Waals surface area contributed by atoms with Crippen LogP contribution in [-0.2, 0) is 22.4 Å². The summed E-state index contributed by atoms with van der Waals surface area (Å²) in [7, 11) is 0. The van der Waals surface area contributed by atoms with Gasteiger partial charge in [-0.2, -0.15) is 0 Å². The number of piperidine rings is 1. The number of rotatable bonds is 8. The Bertz CT molecular complexity index is 753. The minimum absolute atomic E-state index is 0.00114. The number of likely N-dealkylation sites (tertiary alicyclic amines) is 1. The molecule has 2 aromatic carbocycles. The molecular formula is C24H30N2O2. The number of ketones is 1. The zero-order valence-electron chi connectivity index (χ0n) is 16.6. The maximum atomic E-state index is 12.5. The summed E-state index contributed by atoms with van der Waals surface area (Å²) in [6, 6.07) is 20.0. The van der Waals surface area contributed by atoms with Crippen molar-refractivity contribution in [2.75, 3.05) is 19.6 Å². The second-order valence-electron chi connectivity index (χ2n) is 7.83. The largest absolute Gasteiger partial charge is 0.345 e. The first-order chi connectivity index (χ1) is 13.6. The zero-order chi connectivity index (χ0) is 19.8. The highest BCUT2D eigenvalue weighted by Gasteiger charge is 2.23. The lowest BCUT2D eigenvalue weighted by Crippen LogP contribution is -2.47. The lowest BCUT2D eigenvalue weighted by atomic mass is 9.90. The van der Waals surface area contributed by atoms with E-state index in [4.69, 9.17) is 0 Å². The van der Waals surface area contributed by atoms with Gasteiger partial charge in [-0.15, -0.1) is 0 Å². The highest BCUT2D eigenvalue weighted by molar-refractivity contribution is 5.88. The first-order valence-electron chi connectivity index (χ1n) is 10.2. The summed E-state index contributed by atoms with van der Waals surface area (Å²) in [6.45, 7) is 3.79. The van der Waals surface area contributed by atoms with Crippen LogP contribution in [0.25, 0.3) is 0 Å². The van der Waals surface area contributed by atoms with Crippen molar-refractivity contribution in [2.24, 2.45) is 5.92 Å².